The first-order valence-corrected chi connectivity index (χ1v) is 8.34. The topological polar surface area (TPSA) is 85.8 Å². The van der Waals surface area contributed by atoms with Gasteiger partial charge in [0.15, 0.2) is 0 Å². The Kier molecular flexibility index (Phi) is 4.08. The Hall–Kier alpha value is -2.54. The Morgan fingerprint density at radius 2 is 2.12 bits per heavy atom. The summed E-state index contributed by atoms with van der Waals surface area (Å²) in [5.74, 6) is 1.94. The van der Waals surface area contributed by atoms with E-state index in [2.05, 4.69) is 25.0 Å². The monoisotopic (exact) mass is 323 g/mol. The molecule has 4 rings (SSSR count). The van der Waals surface area contributed by atoms with Gasteiger partial charge in [0.25, 0.3) is 0 Å². The first-order chi connectivity index (χ1) is 11.8. The van der Waals surface area contributed by atoms with Crippen LogP contribution < -0.4 is 5.73 Å². The number of likely N-dealkylation sites (tertiary alicyclic amines) is 1. The summed E-state index contributed by atoms with van der Waals surface area (Å²) < 4.78 is 1.92. The van der Waals surface area contributed by atoms with Gasteiger partial charge in [-0.15, -0.1) is 0 Å². The molecule has 0 bridgehead atoms. The molecule has 3 heterocycles. The zero-order valence-electron chi connectivity index (χ0n) is 13.5. The highest BCUT2D eigenvalue weighted by Gasteiger charge is 2.21. The molecule has 0 unspecified atom stereocenters. The van der Waals surface area contributed by atoms with Gasteiger partial charge in [0.1, 0.15) is 24.3 Å². The number of benzene rings is 1. The number of nitrogens with two attached hydrogens (primary N) is 1. The molecule has 1 aliphatic heterocycles. The maximum atomic E-state index is 6.09. The van der Waals surface area contributed by atoms with Crippen molar-refractivity contribution in [1.29, 1.82) is 0 Å². The SMILES string of the molecule is Nc1nc(CN2CCC[C@@H](Cn3cncn3)C2)nc2ccccc12. The third-order valence-corrected chi connectivity index (χ3v) is 4.56. The summed E-state index contributed by atoms with van der Waals surface area (Å²) in [5, 5.41) is 5.13. The van der Waals surface area contributed by atoms with Crippen molar-refractivity contribution in [3.63, 3.8) is 0 Å². The molecule has 0 radical (unpaired) electrons. The fourth-order valence-corrected chi connectivity index (χ4v) is 3.46. The van der Waals surface area contributed by atoms with E-state index in [1.165, 1.54) is 12.8 Å². The minimum Gasteiger partial charge on any atom is -0.383 e. The van der Waals surface area contributed by atoms with Crippen LogP contribution in [0.4, 0.5) is 5.82 Å². The molecule has 1 aromatic carbocycles. The maximum absolute atomic E-state index is 6.09. The van der Waals surface area contributed by atoms with Gasteiger partial charge in [-0.2, -0.15) is 5.10 Å². The second-order valence-corrected chi connectivity index (χ2v) is 6.40. The number of hydrogen-bond acceptors (Lipinski definition) is 6. The third-order valence-electron chi connectivity index (χ3n) is 4.56. The molecule has 1 fully saturated rings. The van der Waals surface area contributed by atoms with Crippen molar-refractivity contribution >= 4 is 16.7 Å². The van der Waals surface area contributed by atoms with Crippen LogP contribution in [0.3, 0.4) is 0 Å². The fraction of sp³-hybridized carbons (Fsp3) is 0.412. The van der Waals surface area contributed by atoms with E-state index < -0.39 is 0 Å². The number of nitrogens with zero attached hydrogens (tertiary/aromatic N) is 6. The van der Waals surface area contributed by atoms with Crippen molar-refractivity contribution in [2.75, 3.05) is 18.8 Å². The van der Waals surface area contributed by atoms with E-state index in [-0.39, 0.29) is 0 Å². The Morgan fingerprint density at radius 1 is 1.21 bits per heavy atom. The quantitative estimate of drug-likeness (QED) is 0.787. The van der Waals surface area contributed by atoms with Gasteiger partial charge in [-0.25, -0.2) is 15.0 Å². The molecule has 3 aromatic rings. The lowest BCUT2D eigenvalue weighted by atomic mass is 9.98. The summed E-state index contributed by atoms with van der Waals surface area (Å²) in [6.45, 7) is 3.75. The molecule has 0 saturated carbocycles. The highest BCUT2D eigenvalue weighted by Crippen LogP contribution is 2.21. The van der Waals surface area contributed by atoms with Crippen molar-refractivity contribution in [2.24, 2.45) is 5.92 Å². The first-order valence-electron chi connectivity index (χ1n) is 8.34. The van der Waals surface area contributed by atoms with E-state index in [9.17, 15) is 0 Å². The smallest absolute Gasteiger partial charge is 0.145 e. The number of para-hydroxylation sites is 1. The number of piperidine rings is 1. The van der Waals surface area contributed by atoms with Crippen molar-refractivity contribution in [2.45, 2.75) is 25.9 Å². The van der Waals surface area contributed by atoms with Crippen LogP contribution in [0.2, 0.25) is 0 Å². The van der Waals surface area contributed by atoms with E-state index in [4.69, 9.17) is 5.73 Å². The van der Waals surface area contributed by atoms with Crippen LogP contribution >= 0.6 is 0 Å². The van der Waals surface area contributed by atoms with E-state index in [1.807, 2.05) is 28.9 Å². The summed E-state index contributed by atoms with van der Waals surface area (Å²) in [4.78, 5) is 15.6. The van der Waals surface area contributed by atoms with Crippen LogP contribution in [-0.4, -0.2) is 42.7 Å². The predicted molar refractivity (Wildman–Crippen MR) is 92.0 cm³/mol. The number of fused-ring (bicyclic) bond motifs is 1. The van der Waals surface area contributed by atoms with Crippen molar-refractivity contribution in [3.05, 3.63) is 42.7 Å². The van der Waals surface area contributed by atoms with Gasteiger partial charge in [-0.1, -0.05) is 12.1 Å². The molecule has 0 aliphatic carbocycles. The Balaban J connectivity index is 1.46. The molecule has 124 valence electrons. The largest absolute Gasteiger partial charge is 0.383 e. The number of aromatic nitrogens is 5. The molecule has 7 heteroatoms. The standard InChI is InChI=1S/C17H21N7/c18-17-14-5-1-2-6-15(14)21-16(22-17)10-23-7-3-4-13(8-23)9-24-12-19-11-20-24/h1-2,5-6,11-13H,3-4,7-10H2,(H2,18,21,22)/t13-/m1/s1. The Bertz CT molecular complexity index is 815. The van der Waals surface area contributed by atoms with Crippen LogP contribution in [0.15, 0.2) is 36.9 Å². The third kappa shape index (κ3) is 3.21. The molecule has 2 N–H and O–H groups in total. The summed E-state index contributed by atoms with van der Waals surface area (Å²) in [6, 6.07) is 7.89. The van der Waals surface area contributed by atoms with E-state index in [1.54, 1.807) is 12.7 Å². The zero-order chi connectivity index (χ0) is 16.4. The number of hydrogen-bond donors (Lipinski definition) is 1. The van der Waals surface area contributed by atoms with Crippen LogP contribution in [-0.2, 0) is 13.1 Å². The van der Waals surface area contributed by atoms with Gasteiger partial charge < -0.3 is 5.73 Å². The van der Waals surface area contributed by atoms with Crippen LogP contribution in [0.25, 0.3) is 10.9 Å². The molecular formula is C17H21N7. The fourth-order valence-electron chi connectivity index (χ4n) is 3.46. The number of nitrogen functional groups attached to an aromatic ring is 1. The van der Waals surface area contributed by atoms with E-state index in [0.717, 1.165) is 42.9 Å². The Morgan fingerprint density at radius 3 is 3.00 bits per heavy atom. The molecule has 1 saturated heterocycles. The van der Waals surface area contributed by atoms with Gasteiger partial charge in [-0.05, 0) is 37.4 Å². The molecule has 7 nitrogen and oxygen atoms in total. The average molecular weight is 323 g/mol. The maximum Gasteiger partial charge on any atom is 0.145 e. The summed E-state index contributed by atoms with van der Waals surface area (Å²) >= 11 is 0. The molecule has 0 amide bonds. The number of rotatable bonds is 4. The average Bonchev–Trinajstić information content (AvgIpc) is 3.08. The highest BCUT2D eigenvalue weighted by atomic mass is 15.3. The second kappa shape index (κ2) is 6.52. The number of anilines is 1. The highest BCUT2D eigenvalue weighted by molar-refractivity contribution is 5.87. The Labute approximate surface area is 140 Å². The summed E-state index contributed by atoms with van der Waals surface area (Å²) in [5.41, 5.74) is 7.00. The second-order valence-electron chi connectivity index (χ2n) is 6.40. The van der Waals surface area contributed by atoms with E-state index in [0.29, 0.717) is 11.7 Å². The van der Waals surface area contributed by atoms with Crippen LogP contribution in [0.1, 0.15) is 18.7 Å². The van der Waals surface area contributed by atoms with Crippen LogP contribution in [0, 0.1) is 5.92 Å². The lowest BCUT2D eigenvalue weighted by Crippen LogP contribution is -2.37. The summed E-state index contributed by atoms with van der Waals surface area (Å²) in [6.07, 6.45) is 5.78. The van der Waals surface area contributed by atoms with Crippen molar-refractivity contribution < 1.29 is 0 Å². The van der Waals surface area contributed by atoms with Gasteiger partial charge in [0, 0.05) is 18.5 Å². The zero-order valence-corrected chi connectivity index (χ0v) is 13.5. The minimum absolute atomic E-state index is 0.562. The van der Waals surface area contributed by atoms with Crippen molar-refractivity contribution in [1.82, 2.24) is 29.6 Å². The lowest BCUT2D eigenvalue weighted by Gasteiger charge is -2.32. The van der Waals surface area contributed by atoms with Gasteiger partial charge >= 0.3 is 0 Å². The molecule has 0 spiro atoms. The molecule has 24 heavy (non-hydrogen) atoms. The van der Waals surface area contributed by atoms with Gasteiger partial charge in [-0.3, -0.25) is 9.58 Å². The normalized spacial score (nSPS) is 18.9. The molecular weight excluding hydrogens is 302 g/mol. The first kappa shape index (κ1) is 15.0. The molecule has 1 aliphatic rings. The summed E-state index contributed by atoms with van der Waals surface area (Å²) in [7, 11) is 0. The van der Waals surface area contributed by atoms with Gasteiger partial charge in [0.05, 0.1) is 12.1 Å². The van der Waals surface area contributed by atoms with Gasteiger partial charge in [0.2, 0.25) is 0 Å². The van der Waals surface area contributed by atoms with Crippen molar-refractivity contribution in [3.8, 4) is 0 Å². The van der Waals surface area contributed by atoms with E-state index >= 15 is 0 Å². The lowest BCUT2D eigenvalue weighted by molar-refractivity contribution is 0.150. The molecule has 1 atom stereocenters. The minimum atomic E-state index is 0.562. The van der Waals surface area contributed by atoms with Crippen LogP contribution in [0.5, 0.6) is 0 Å². The molecule has 2 aromatic heterocycles. The predicted octanol–water partition coefficient (Wildman–Crippen LogP) is 1.72.